The lowest BCUT2D eigenvalue weighted by molar-refractivity contribution is 0.254. The van der Waals surface area contributed by atoms with Crippen molar-refractivity contribution in [3.05, 3.63) is 12.3 Å². The third-order valence-corrected chi connectivity index (χ3v) is 54.6. The lowest BCUT2D eigenvalue weighted by Crippen LogP contribution is -2.62. The van der Waals surface area contributed by atoms with Gasteiger partial charge in [-0.1, -0.05) is 5.70 Å². The van der Waals surface area contributed by atoms with Crippen molar-refractivity contribution in [1.82, 2.24) is 0 Å². The van der Waals surface area contributed by atoms with Crippen LogP contribution in [0.3, 0.4) is 0 Å². The van der Waals surface area contributed by atoms with Crippen LogP contribution in [0.4, 0.5) is 0 Å². The summed E-state index contributed by atoms with van der Waals surface area (Å²) in [7, 11) is -30.8. The second-order valence-corrected chi connectivity index (χ2v) is 64.9. The molecule has 4 N–H and O–H groups in total. The van der Waals surface area contributed by atoms with Crippen LogP contribution >= 0.6 is 0 Å². The minimum absolute atomic E-state index is 0.652. The van der Waals surface area contributed by atoms with Gasteiger partial charge in [0.1, 0.15) is 0 Å². The topological polar surface area (TPSA) is 154 Å². The first-order valence-electron chi connectivity index (χ1n) is 20.2. The minimum atomic E-state index is -2.76. The molecule has 0 saturated heterocycles. The van der Waals surface area contributed by atoms with Crippen LogP contribution in [0.1, 0.15) is 12.8 Å². The molecule has 0 amide bonds. The third-order valence-electron chi connectivity index (χ3n) is 7.72. The van der Waals surface area contributed by atoms with Gasteiger partial charge in [0.25, 0.3) is 0 Å². The van der Waals surface area contributed by atoms with Crippen LogP contribution in [0.2, 0.25) is 163 Å². The van der Waals surface area contributed by atoms with Crippen molar-refractivity contribution in [2.45, 2.75) is 176 Å². The van der Waals surface area contributed by atoms with Crippen LogP contribution in [0.25, 0.3) is 0 Å². The second kappa shape index (κ2) is 21.0. The van der Waals surface area contributed by atoms with E-state index in [1.165, 1.54) is 0 Å². The zero-order valence-corrected chi connectivity index (χ0v) is 52.2. The molecule has 0 aromatic carbocycles. The summed E-state index contributed by atoms with van der Waals surface area (Å²) in [5.74, 6) is 0. The standard InChI is InChI=1S/C31H88N2O11Si12/c1-25-56(24,35-46(4,5)31-27-29-33)44-55(22,23)43-54(20,21)42-53(18,19)41-52(16,17)40-51(14,15)39-50(12,13)38-49(10,11)37-48(8,9)36-47(6,7)34-45(2,3)30-26-28-32/h25H,1,26-33H2,2-24H3. The van der Waals surface area contributed by atoms with E-state index in [4.69, 9.17) is 56.7 Å². The van der Waals surface area contributed by atoms with Gasteiger partial charge >= 0.3 is 85.6 Å². The molecule has 0 aliphatic carbocycles. The van der Waals surface area contributed by atoms with Crippen LogP contribution in [-0.4, -0.2) is 115 Å². The molecule has 13 nitrogen and oxygen atoms in total. The second-order valence-electron chi connectivity index (χ2n) is 20.2. The van der Waals surface area contributed by atoms with E-state index in [0.29, 0.717) is 13.1 Å². The number of hydrogen-bond donors (Lipinski definition) is 2. The van der Waals surface area contributed by atoms with Crippen LogP contribution in [0.15, 0.2) is 12.3 Å². The van der Waals surface area contributed by atoms with Crippen molar-refractivity contribution in [2.75, 3.05) is 13.1 Å². The summed E-state index contributed by atoms with van der Waals surface area (Å²) >= 11 is 0. The Morgan fingerprint density at radius 1 is 0.321 bits per heavy atom. The van der Waals surface area contributed by atoms with Gasteiger partial charge in [0.15, 0.2) is 16.6 Å². The zero-order chi connectivity index (χ0) is 44.7. The molecule has 336 valence electrons. The normalized spacial score (nSPS) is 16.3. The molecular formula is C31H88N2O11Si12. The molecular weight excluding hydrogens is 913 g/mol. The molecule has 0 aromatic heterocycles. The van der Waals surface area contributed by atoms with Crippen molar-refractivity contribution in [3.8, 4) is 0 Å². The first kappa shape index (κ1) is 57.8. The van der Waals surface area contributed by atoms with Gasteiger partial charge < -0.3 is 56.7 Å². The Bertz CT molecular complexity index is 1240. The summed E-state index contributed by atoms with van der Waals surface area (Å²) in [6, 6.07) is 1.99. The molecule has 0 aromatic rings. The number of hydrogen-bond acceptors (Lipinski definition) is 13. The van der Waals surface area contributed by atoms with Gasteiger partial charge in [-0.3, -0.25) is 0 Å². The van der Waals surface area contributed by atoms with Crippen LogP contribution in [0.5, 0.6) is 0 Å². The summed E-state index contributed by atoms with van der Waals surface area (Å²) in [5.41, 5.74) is 13.4. The van der Waals surface area contributed by atoms with Crippen LogP contribution < -0.4 is 11.5 Å². The van der Waals surface area contributed by atoms with Gasteiger partial charge in [-0.05, 0) is 189 Å². The lowest BCUT2D eigenvalue weighted by atomic mass is 10.5. The average molecular weight is 1000 g/mol. The Kier molecular flexibility index (Phi) is 21.7. The minimum Gasteiger partial charge on any atom is -0.436 e. The highest BCUT2D eigenvalue weighted by Gasteiger charge is 2.51. The van der Waals surface area contributed by atoms with E-state index in [1.54, 1.807) is 0 Å². The predicted octanol–water partition coefficient (Wildman–Crippen LogP) is 9.39. The van der Waals surface area contributed by atoms with Gasteiger partial charge in [0, 0.05) is 0 Å². The van der Waals surface area contributed by atoms with E-state index < -0.39 is 102 Å². The Hall–Kier alpha value is 1.82. The first-order chi connectivity index (χ1) is 24.5. The third kappa shape index (κ3) is 25.7. The van der Waals surface area contributed by atoms with Gasteiger partial charge in [-0.25, -0.2) is 0 Å². The summed E-state index contributed by atoms with van der Waals surface area (Å²) in [5, 5.41) is 0. The van der Waals surface area contributed by atoms with E-state index in [0.717, 1.165) is 24.9 Å². The Morgan fingerprint density at radius 2 is 0.518 bits per heavy atom. The lowest BCUT2D eigenvalue weighted by Gasteiger charge is -2.45. The molecule has 0 rings (SSSR count). The van der Waals surface area contributed by atoms with Crippen molar-refractivity contribution >= 4 is 102 Å². The molecule has 0 fully saturated rings. The molecule has 0 heterocycles. The Labute approximate surface area is 357 Å². The van der Waals surface area contributed by atoms with E-state index in [2.05, 4.69) is 157 Å². The van der Waals surface area contributed by atoms with Gasteiger partial charge in [-0.2, -0.15) is 0 Å². The molecule has 0 spiro atoms. The quantitative estimate of drug-likeness (QED) is 0.0685. The molecule has 0 saturated carbocycles. The van der Waals surface area contributed by atoms with Gasteiger partial charge in [0.2, 0.25) is 0 Å². The van der Waals surface area contributed by atoms with E-state index in [1.807, 2.05) is 5.70 Å². The maximum Gasteiger partial charge on any atom is 0.342 e. The molecule has 1 unspecified atom stereocenters. The van der Waals surface area contributed by atoms with Crippen molar-refractivity contribution in [2.24, 2.45) is 11.5 Å². The van der Waals surface area contributed by atoms with Crippen LogP contribution in [0, 0.1) is 0 Å². The maximum absolute atomic E-state index is 6.84. The molecule has 0 radical (unpaired) electrons. The highest BCUT2D eigenvalue weighted by atomic mass is 28.5. The summed E-state index contributed by atoms with van der Waals surface area (Å²) < 4.78 is 74.6. The average Bonchev–Trinajstić information content (AvgIpc) is 2.83. The summed E-state index contributed by atoms with van der Waals surface area (Å²) in [6.45, 7) is 53.7. The molecule has 25 heteroatoms. The molecule has 56 heavy (non-hydrogen) atoms. The van der Waals surface area contributed by atoms with Crippen molar-refractivity contribution in [1.29, 1.82) is 0 Å². The van der Waals surface area contributed by atoms with E-state index in [-0.39, 0.29) is 0 Å². The van der Waals surface area contributed by atoms with E-state index >= 15 is 0 Å². The van der Waals surface area contributed by atoms with Crippen molar-refractivity contribution < 1.29 is 45.3 Å². The fourth-order valence-corrected chi connectivity index (χ4v) is 68.4. The smallest absolute Gasteiger partial charge is 0.342 e. The number of rotatable bonds is 29. The molecule has 1 atom stereocenters. The Balaban J connectivity index is 5.65. The van der Waals surface area contributed by atoms with Gasteiger partial charge in [-0.15, -0.1) is 6.58 Å². The molecule has 0 aliphatic rings. The van der Waals surface area contributed by atoms with E-state index in [9.17, 15) is 0 Å². The fourth-order valence-electron chi connectivity index (χ4n) is 7.89. The maximum atomic E-state index is 6.84. The highest BCUT2D eigenvalue weighted by Crippen LogP contribution is 2.32. The fraction of sp³-hybridized carbons (Fsp3) is 0.935. The van der Waals surface area contributed by atoms with Crippen LogP contribution in [-0.2, 0) is 45.3 Å². The first-order valence-corrected chi connectivity index (χ1v) is 54.2. The van der Waals surface area contributed by atoms with Gasteiger partial charge in [0.05, 0.1) is 0 Å². The SMILES string of the molecule is C=C[Si](C)(O[Si](C)(C)CCCN)O[Si](C)(C)O[Si](C)(C)O[Si](C)(C)O[Si](C)(C)O[Si](C)(C)O[Si](C)(C)O[Si](C)(C)O[Si](C)(C)O[Si](C)(C)O[Si](C)(C)CCCN. The number of nitrogens with two attached hydrogens (primary N) is 2. The highest BCUT2D eigenvalue weighted by molar-refractivity contribution is 6.94. The molecule has 0 bridgehead atoms. The molecule has 0 aliphatic heterocycles. The van der Waals surface area contributed by atoms with Crippen molar-refractivity contribution in [3.63, 3.8) is 0 Å². The monoisotopic (exact) mass is 1000 g/mol. The largest absolute Gasteiger partial charge is 0.436 e. The Morgan fingerprint density at radius 3 is 0.732 bits per heavy atom. The predicted molar refractivity (Wildman–Crippen MR) is 263 cm³/mol. The zero-order valence-electron chi connectivity index (χ0n) is 40.2. The summed E-state index contributed by atoms with van der Waals surface area (Å²) in [4.78, 5) is 0. The summed E-state index contributed by atoms with van der Waals surface area (Å²) in [6.07, 6.45) is 1.90.